The lowest BCUT2D eigenvalue weighted by Gasteiger charge is -2.14. The maximum atomic E-state index is 5.42. The molecule has 0 aliphatic carbocycles. The topological polar surface area (TPSA) is 39.1 Å². The molecule has 0 radical (unpaired) electrons. The van der Waals surface area contributed by atoms with E-state index in [-0.39, 0.29) is 0 Å². The Bertz CT molecular complexity index is 546. The summed E-state index contributed by atoms with van der Waals surface area (Å²) in [6.45, 7) is 4.82. The molecule has 0 bridgehead atoms. The number of rotatable bonds is 4. The maximum Gasteiger partial charge on any atom is 0.127 e. The van der Waals surface area contributed by atoms with Gasteiger partial charge in [0.05, 0.1) is 13.7 Å². The standard InChI is InChI=1S/C14H19N3O/c1-10-5-6-12(11(2)14(10)18-4)16-9-13-15-7-8-17(13)3/h5-8,16H,9H2,1-4H3. The van der Waals surface area contributed by atoms with Crippen LogP contribution in [0.3, 0.4) is 0 Å². The van der Waals surface area contributed by atoms with Gasteiger partial charge < -0.3 is 14.6 Å². The van der Waals surface area contributed by atoms with Gasteiger partial charge in [-0.2, -0.15) is 0 Å². The highest BCUT2D eigenvalue weighted by Gasteiger charge is 2.08. The number of anilines is 1. The summed E-state index contributed by atoms with van der Waals surface area (Å²) in [5, 5.41) is 3.39. The number of imidazole rings is 1. The van der Waals surface area contributed by atoms with Gasteiger partial charge in [0.25, 0.3) is 0 Å². The Labute approximate surface area is 108 Å². The molecule has 18 heavy (non-hydrogen) atoms. The molecule has 2 aromatic rings. The lowest BCUT2D eigenvalue weighted by molar-refractivity contribution is 0.409. The molecule has 0 atom stereocenters. The van der Waals surface area contributed by atoms with Gasteiger partial charge in [-0.25, -0.2) is 4.98 Å². The summed E-state index contributed by atoms with van der Waals surface area (Å²) in [7, 11) is 3.70. The van der Waals surface area contributed by atoms with Crippen molar-refractivity contribution in [2.45, 2.75) is 20.4 Å². The number of nitrogens with zero attached hydrogens (tertiary/aromatic N) is 2. The minimum Gasteiger partial charge on any atom is -0.496 e. The van der Waals surface area contributed by atoms with E-state index in [4.69, 9.17) is 4.74 Å². The molecule has 0 aliphatic rings. The molecule has 96 valence electrons. The minimum atomic E-state index is 0.705. The third kappa shape index (κ3) is 2.32. The van der Waals surface area contributed by atoms with Crippen LogP contribution in [-0.2, 0) is 13.6 Å². The SMILES string of the molecule is COc1c(C)ccc(NCc2nccn2C)c1C. The average Bonchev–Trinajstić information content (AvgIpc) is 2.75. The van der Waals surface area contributed by atoms with Crippen molar-refractivity contribution < 1.29 is 4.74 Å². The summed E-state index contributed by atoms with van der Waals surface area (Å²) in [6.07, 6.45) is 3.75. The van der Waals surface area contributed by atoms with E-state index in [1.807, 2.05) is 24.7 Å². The molecule has 0 spiro atoms. The molecule has 0 aliphatic heterocycles. The van der Waals surface area contributed by atoms with Gasteiger partial charge >= 0.3 is 0 Å². The second-order valence-electron chi connectivity index (χ2n) is 4.40. The second-order valence-corrected chi connectivity index (χ2v) is 4.40. The van der Waals surface area contributed by atoms with E-state index in [2.05, 4.69) is 29.4 Å². The van der Waals surface area contributed by atoms with Crippen LogP contribution in [0.5, 0.6) is 5.75 Å². The van der Waals surface area contributed by atoms with Gasteiger partial charge in [-0.15, -0.1) is 0 Å². The first-order valence-electron chi connectivity index (χ1n) is 5.97. The van der Waals surface area contributed by atoms with Crippen molar-refractivity contribution in [2.24, 2.45) is 7.05 Å². The van der Waals surface area contributed by atoms with Crippen LogP contribution in [0.1, 0.15) is 17.0 Å². The summed E-state index contributed by atoms with van der Waals surface area (Å²) < 4.78 is 7.42. The van der Waals surface area contributed by atoms with Crippen LogP contribution in [0, 0.1) is 13.8 Å². The second kappa shape index (κ2) is 5.12. The molecule has 1 N–H and O–H groups in total. The first-order chi connectivity index (χ1) is 8.63. The molecule has 1 aromatic heterocycles. The summed E-state index contributed by atoms with van der Waals surface area (Å²) in [4.78, 5) is 4.29. The first kappa shape index (κ1) is 12.5. The number of benzene rings is 1. The van der Waals surface area contributed by atoms with Crippen molar-refractivity contribution in [2.75, 3.05) is 12.4 Å². The molecular weight excluding hydrogens is 226 g/mol. The first-order valence-corrected chi connectivity index (χ1v) is 5.97. The Kier molecular flexibility index (Phi) is 3.55. The fraction of sp³-hybridized carbons (Fsp3) is 0.357. The van der Waals surface area contributed by atoms with Crippen molar-refractivity contribution in [1.29, 1.82) is 0 Å². The Morgan fingerprint density at radius 2 is 2.11 bits per heavy atom. The Morgan fingerprint density at radius 1 is 1.33 bits per heavy atom. The molecular formula is C14H19N3O. The molecule has 4 nitrogen and oxygen atoms in total. The summed E-state index contributed by atoms with van der Waals surface area (Å²) in [6, 6.07) is 4.14. The Morgan fingerprint density at radius 3 is 2.72 bits per heavy atom. The van der Waals surface area contributed by atoms with Crippen molar-refractivity contribution >= 4 is 5.69 Å². The van der Waals surface area contributed by atoms with Crippen molar-refractivity contribution in [1.82, 2.24) is 9.55 Å². The van der Waals surface area contributed by atoms with Gasteiger partial charge in [0.15, 0.2) is 0 Å². The van der Waals surface area contributed by atoms with E-state index in [1.165, 1.54) is 0 Å². The van der Waals surface area contributed by atoms with Crippen molar-refractivity contribution in [3.8, 4) is 5.75 Å². The smallest absolute Gasteiger partial charge is 0.127 e. The number of methoxy groups -OCH3 is 1. The average molecular weight is 245 g/mol. The van der Waals surface area contributed by atoms with Crippen LogP contribution in [-0.4, -0.2) is 16.7 Å². The lowest BCUT2D eigenvalue weighted by atomic mass is 10.1. The summed E-state index contributed by atoms with van der Waals surface area (Å²) in [5.41, 5.74) is 3.37. The molecule has 4 heteroatoms. The van der Waals surface area contributed by atoms with Crippen LogP contribution in [0.15, 0.2) is 24.5 Å². The van der Waals surface area contributed by atoms with E-state index in [1.54, 1.807) is 13.3 Å². The van der Waals surface area contributed by atoms with Crippen LogP contribution < -0.4 is 10.1 Å². The lowest BCUT2D eigenvalue weighted by Crippen LogP contribution is -2.07. The normalized spacial score (nSPS) is 10.4. The number of aromatic nitrogens is 2. The summed E-state index contributed by atoms with van der Waals surface area (Å²) in [5.74, 6) is 1.95. The predicted octanol–water partition coefficient (Wildman–Crippen LogP) is 2.66. The van der Waals surface area contributed by atoms with Gasteiger partial charge in [-0.1, -0.05) is 6.07 Å². The van der Waals surface area contributed by atoms with Crippen molar-refractivity contribution in [3.63, 3.8) is 0 Å². The highest BCUT2D eigenvalue weighted by Crippen LogP contribution is 2.29. The molecule has 1 heterocycles. The number of aryl methyl sites for hydroxylation is 2. The molecule has 0 saturated heterocycles. The van der Waals surface area contributed by atoms with Crippen LogP contribution >= 0.6 is 0 Å². The van der Waals surface area contributed by atoms with Gasteiger partial charge in [0, 0.05) is 30.7 Å². The molecule has 1 aromatic carbocycles. The number of hydrogen-bond acceptors (Lipinski definition) is 3. The van der Waals surface area contributed by atoms with Gasteiger partial charge in [0.2, 0.25) is 0 Å². The van der Waals surface area contributed by atoms with Gasteiger partial charge in [-0.3, -0.25) is 0 Å². The molecule has 0 amide bonds. The molecule has 0 fully saturated rings. The Hall–Kier alpha value is -1.97. The van der Waals surface area contributed by atoms with Crippen LogP contribution in [0.4, 0.5) is 5.69 Å². The predicted molar refractivity (Wildman–Crippen MR) is 73.0 cm³/mol. The largest absolute Gasteiger partial charge is 0.496 e. The monoisotopic (exact) mass is 245 g/mol. The molecule has 0 saturated carbocycles. The van der Waals surface area contributed by atoms with Gasteiger partial charge in [0.1, 0.15) is 11.6 Å². The zero-order valence-electron chi connectivity index (χ0n) is 11.3. The zero-order valence-corrected chi connectivity index (χ0v) is 11.3. The third-order valence-electron chi connectivity index (χ3n) is 3.16. The fourth-order valence-corrected chi connectivity index (χ4v) is 2.07. The zero-order chi connectivity index (χ0) is 13.1. The van der Waals surface area contributed by atoms with Crippen LogP contribution in [0.25, 0.3) is 0 Å². The Balaban J connectivity index is 2.18. The van der Waals surface area contributed by atoms with E-state index in [0.717, 1.165) is 28.4 Å². The van der Waals surface area contributed by atoms with Gasteiger partial charge in [-0.05, 0) is 25.5 Å². The minimum absolute atomic E-state index is 0.705. The quantitative estimate of drug-likeness (QED) is 0.900. The molecule has 2 rings (SSSR count). The van der Waals surface area contributed by atoms with E-state index in [9.17, 15) is 0 Å². The van der Waals surface area contributed by atoms with Crippen molar-refractivity contribution in [3.05, 3.63) is 41.5 Å². The van der Waals surface area contributed by atoms with E-state index >= 15 is 0 Å². The van der Waals surface area contributed by atoms with Crippen LogP contribution in [0.2, 0.25) is 0 Å². The highest BCUT2D eigenvalue weighted by atomic mass is 16.5. The van der Waals surface area contributed by atoms with E-state index < -0.39 is 0 Å². The number of ether oxygens (including phenoxy) is 1. The third-order valence-corrected chi connectivity index (χ3v) is 3.16. The summed E-state index contributed by atoms with van der Waals surface area (Å²) >= 11 is 0. The van der Waals surface area contributed by atoms with E-state index in [0.29, 0.717) is 6.54 Å². The molecule has 0 unspecified atom stereocenters. The fourth-order valence-electron chi connectivity index (χ4n) is 2.07. The number of nitrogens with one attached hydrogen (secondary N) is 1. The highest BCUT2D eigenvalue weighted by molar-refractivity contribution is 5.59. The maximum absolute atomic E-state index is 5.42. The number of hydrogen-bond donors (Lipinski definition) is 1.